The van der Waals surface area contributed by atoms with Crippen LogP contribution in [0.4, 0.5) is 5.82 Å². The molecular formula is C8H9N5O. The van der Waals surface area contributed by atoms with Crippen molar-refractivity contribution in [2.45, 2.75) is 6.42 Å². The fraction of sp³-hybridized carbons (Fsp3) is 0.125. The van der Waals surface area contributed by atoms with Crippen molar-refractivity contribution in [3.8, 4) is 0 Å². The molecular weight excluding hydrogens is 182 g/mol. The first kappa shape index (κ1) is 8.49. The fourth-order valence-corrected chi connectivity index (χ4v) is 1.14. The van der Waals surface area contributed by atoms with Crippen LogP contribution in [0.1, 0.15) is 10.5 Å². The normalized spacial score (nSPS) is 10.3. The van der Waals surface area contributed by atoms with Gasteiger partial charge in [-0.05, 0) is 6.07 Å². The number of aromatic nitrogens is 4. The first-order chi connectivity index (χ1) is 6.77. The second-order valence-corrected chi connectivity index (χ2v) is 2.82. The second kappa shape index (κ2) is 3.33. The standard InChI is InChI=1S/C8H9N5O/c9-7-2-4-11-13(7)8(14)5-6-1-3-10-12-6/h1-4H,5,9H2,(H,10,12). The summed E-state index contributed by atoms with van der Waals surface area (Å²) in [6.45, 7) is 0. The molecule has 2 aromatic heterocycles. The van der Waals surface area contributed by atoms with Crippen LogP contribution in [0.5, 0.6) is 0 Å². The van der Waals surface area contributed by atoms with E-state index >= 15 is 0 Å². The van der Waals surface area contributed by atoms with Gasteiger partial charge in [0.25, 0.3) is 5.91 Å². The van der Waals surface area contributed by atoms with E-state index in [0.717, 1.165) is 5.69 Å². The van der Waals surface area contributed by atoms with E-state index in [0.29, 0.717) is 5.82 Å². The number of H-pyrrole nitrogens is 1. The van der Waals surface area contributed by atoms with Crippen molar-refractivity contribution in [1.29, 1.82) is 0 Å². The van der Waals surface area contributed by atoms with Gasteiger partial charge in [-0.15, -0.1) is 0 Å². The Labute approximate surface area is 79.7 Å². The number of hydrogen-bond acceptors (Lipinski definition) is 4. The lowest BCUT2D eigenvalue weighted by atomic mass is 10.3. The molecule has 14 heavy (non-hydrogen) atoms. The van der Waals surface area contributed by atoms with Crippen LogP contribution < -0.4 is 5.73 Å². The lowest BCUT2D eigenvalue weighted by molar-refractivity contribution is 0.0900. The summed E-state index contributed by atoms with van der Waals surface area (Å²) < 4.78 is 1.17. The average molecular weight is 191 g/mol. The first-order valence-corrected chi connectivity index (χ1v) is 4.08. The number of nitrogens with two attached hydrogens (primary N) is 1. The van der Waals surface area contributed by atoms with E-state index in [1.807, 2.05) is 0 Å². The van der Waals surface area contributed by atoms with Crippen LogP contribution in [0.25, 0.3) is 0 Å². The number of nitrogen functional groups attached to an aromatic ring is 1. The summed E-state index contributed by atoms with van der Waals surface area (Å²) in [5.74, 6) is 0.159. The minimum Gasteiger partial charge on any atom is -0.383 e. The quantitative estimate of drug-likeness (QED) is 0.703. The van der Waals surface area contributed by atoms with E-state index in [2.05, 4.69) is 15.3 Å². The van der Waals surface area contributed by atoms with Gasteiger partial charge in [-0.2, -0.15) is 14.9 Å². The summed E-state index contributed by atoms with van der Waals surface area (Å²) in [5.41, 5.74) is 6.26. The molecule has 2 aromatic rings. The van der Waals surface area contributed by atoms with Crippen molar-refractivity contribution in [2.75, 3.05) is 5.73 Å². The van der Waals surface area contributed by atoms with Gasteiger partial charge in [0.2, 0.25) is 0 Å². The second-order valence-electron chi connectivity index (χ2n) is 2.82. The molecule has 72 valence electrons. The zero-order valence-corrected chi connectivity index (χ0v) is 7.34. The largest absolute Gasteiger partial charge is 0.383 e. The van der Waals surface area contributed by atoms with Gasteiger partial charge in [0.05, 0.1) is 12.6 Å². The summed E-state index contributed by atoms with van der Waals surface area (Å²) in [6.07, 6.45) is 3.29. The molecule has 0 saturated carbocycles. The molecule has 2 rings (SSSR count). The maximum Gasteiger partial charge on any atom is 0.254 e. The van der Waals surface area contributed by atoms with Crippen molar-refractivity contribution < 1.29 is 4.79 Å². The van der Waals surface area contributed by atoms with Crippen molar-refractivity contribution >= 4 is 11.7 Å². The van der Waals surface area contributed by atoms with Gasteiger partial charge >= 0.3 is 0 Å². The van der Waals surface area contributed by atoms with E-state index in [4.69, 9.17) is 5.73 Å². The molecule has 0 radical (unpaired) electrons. The molecule has 0 fully saturated rings. The number of hydrogen-bond donors (Lipinski definition) is 2. The molecule has 0 saturated heterocycles. The van der Waals surface area contributed by atoms with E-state index < -0.39 is 0 Å². The predicted molar refractivity (Wildman–Crippen MR) is 49.6 cm³/mol. The fourth-order valence-electron chi connectivity index (χ4n) is 1.14. The highest BCUT2D eigenvalue weighted by molar-refractivity contribution is 5.82. The minimum atomic E-state index is -0.184. The van der Waals surface area contributed by atoms with Gasteiger partial charge in [0, 0.05) is 18.0 Å². The Morgan fingerprint density at radius 2 is 2.36 bits per heavy atom. The van der Waals surface area contributed by atoms with Gasteiger partial charge in [-0.1, -0.05) is 0 Å². The molecule has 0 unspecified atom stereocenters. The smallest absolute Gasteiger partial charge is 0.254 e. The Morgan fingerprint density at radius 3 is 2.93 bits per heavy atom. The topological polar surface area (TPSA) is 89.6 Å². The summed E-state index contributed by atoms with van der Waals surface area (Å²) >= 11 is 0. The monoisotopic (exact) mass is 191 g/mol. The van der Waals surface area contributed by atoms with Crippen LogP contribution in [0.15, 0.2) is 24.5 Å². The van der Waals surface area contributed by atoms with Crippen molar-refractivity contribution in [1.82, 2.24) is 20.0 Å². The zero-order chi connectivity index (χ0) is 9.97. The van der Waals surface area contributed by atoms with Crippen LogP contribution in [-0.4, -0.2) is 25.9 Å². The lowest BCUT2D eigenvalue weighted by Crippen LogP contribution is -2.17. The van der Waals surface area contributed by atoms with Gasteiger partial charge in [0.1, 0.15) is 5.82 Å². The Balaban J connectivity index is 2.14. The minimum absolute atomic E-state index is 0.184. The van der Waals surface area contributed by atoms with Gasteiger partial charge in [-0.25, -0.2) is 0 Å². The number of nitrogens with one attached hydrogen (secondary N) is 1. The first-order valence-electron chi connectivity index (χ1n) is 4.08. The SMILES string of the molecule is Nc1ccnn1C(=O)Cc1ccn[nH]1. The van der Waals surface area contributed by atoms with Crippen LogP contribution in [-0.2, 0) is 6.42 Å². The van der Waals surface area contributed by atoms with Crippen LogP contribution in [0.3, 0.4) is 0 Å². The Bertz CT molecular complexity index is 430. The molecule has 0 bridgehead atoms. The Morgan fingerprint density at radius 1 is 1.50 bits per heavy atom. The molecule has 0 aliphatic heterocycles. The van der Waals surface area contributed by atoms with Crippen molar-refractivity contribution in [3.05, 3.63) is 30.2 Å². The van der Waals surface area contributed by atoms with Gasteiger partial charge < -0.3 is 5.73 Å². The molecule has 3 N–H and O–H groups in total. The summed E-state index contributed by atoms with van der Waals surface area (Å²) in [6, 6.07) is 3.31. The van der Waals surface area contributed by atoms with Crippen LogP contribution in [0, 0.1) is 0 Å². The summed E-state index contributed by atoms with van der Waals surface area (Å²) in [4.78, 5) is 11.6. The van der Waals surface area contributed by atoms with E-state index in [9.17, 15) is 4.79 Å². The maximum absolute atomic E-state index is 11.6. The molecule has 0 spiro atoms. The number of aromatic amines is 1. The number of nitrogens with zero attached hydrogens (tertiary/aromatic N) is 3. The molecule has 0 amide bonds. The molecule has 0 atom stereocenters. The van der Waals surface area contributed by atoms with Crippen molar-refractivity contribution in [3.63, 3.8) is 0 Å². The van der Waals surface area contributed by atoms with Crippen molar-refractivity contribution in [2.24, 2.45) is 0 Å². The van der Waals surface area contributed by atoms with Crippen LogP contribution >= 0.6 is 0 Å². The highest BCUT2D eigenvalue weighted by Crippen LogP contribution is 2.02. The van der Waals surface area contributed by atoms with E-state index in [1.165, 1.54) is 10.9 Å². The predicted octanol–water partition coefficient (Wildman–Crippen LogP) is 0.0713. The lowest BCUT2D eigenvalue weighted by Gasteiger charge is -2.00. The number of rotatable bonds is 2. The molecule has 0 aliphatic carbocycles. The molecule has 0 aromatic carbocycles. The average Bonchev–Trinajstić information content (AvgIpc) is 2.75. The molecule has 6 heteroatoms. The third kappa shape index (κ3) is 1.49. The van der Waals surface area contributed by atoms with Gasteiger partial charge in [-0.3, -0.25) is 9.89 Å². The van der Waals surface area contributed by atoms with Gasteiger partial charge in [0.15, 0.2) is 0 Å². The Kier molecular flexibility index (Phi) is 2.02. The van der Waals surface area contributed by atoms with E-state index in [1.54, 1.807) is 18.3 Å². The highest BCUT2D eigenvalue weighted by Gasteiger charge is 2.09. The number of anilines is 1. The molecule has 0 aliphatic rings. The summed E-state index contributed by atoms with van der Waals surface area (Å²) in [5, 5.41) is 10.2. The molecule has 6 nitrogen and oxygen atoms in total. The number of carbonyl (C=O) groups excluding carboxylic acids is 1. The Hall–Kier alpha value is -2.11. The highest BCUT2D eigenvalue weighted by atomic mass is 16.2. The summed E-state index contributed by atoms with van der Waals surface area (Å²) in [7, 11) is 0. The van der Waals surface area contributed by atoms with Crippen LogP contribution in [0.2, 0.25) is 0 Å². The third-order valence-corrected chi connectivity index (χ3v) is 1.81. The number of carbonyl (C=O) groups is 1. The third-order valence-electron chi connectivity index (χ3n) is 1.81. The maximum atomic E-state index is 11.6. The zero-order valence-electron chi connectivity index (χ0n) is 7.34. The van der Waals surface area contributed by atoms with E-state index in [-0.39, 0.29) is 12.3 Å². The molecule has 2 heterocycles.